The Kier molecular flexibility index (Phi) is 2.44. The van der Waals surface area contributed by atoms with Crippen LogP contribution in [-0.2, 0) is 7.05 Å². The quantitative estimate of drug-likeness (QED) is 0.769. The Morgan fingerprint density at radius 1 is 1.57 bits per heavy atom. The standard InChI is InChI=1S/C10H11ClN2O/c1-13-6-12-8-4-7(10(14)5-11)2-3-9(8)13/h2-4,6,10,14H,5H2,1H3. The second kappa shape index (κ2) is 3.59. The molecule has 3 nitrogen and oxygen atoms in total. The first-order chi connectivity index (χ1) is 6.72. The van der Waals surface area contributed by atoms with Crippen molar-refractivity contribution in [2.45, 2.75) is 6.10 Å². The number of fused-ring (bicyclic) bond motifs is 1. The second-order valence-corrected chi connectivity index (χ2v) is 3.58. The zero-order chi connectivity index (χ0) is 10.1. The van der Waals surface area contributed by atoms with Crippen LogP contribution in [0.5, 0.6) is 0 Å². The van der Waals surface area contributed by atoms with E-state index in [9.17, 15) is 5.11 Å². The molecule has 1 aromatic heterocycles. The van der Waals surface area contributed by atoms with E-state index in [-0.39, 0.29) is 5.88 Å². The van der Waals surface area contributed by atoms with Gasteiger partial charge in [-0.05, 0) is 17.7 Å². The van der Waals surface area contributed by atoms with Gasteiger partial charge in [0.1, 0.15) is 0 Å². The molecule has 1 unspecified atom stereocenters. The summed E-state index contributed by atoms with van der Waals surface area (Å²) in [4.78, 5) is 4.20. The average Bonchev–Trinajstić information content (AvgIpc) is 2.59. The van der Waals surface area contributed by atoms with Crippen molar-refractivity contribution in [1.29, 1.82) is 0 Å². The minimum Gasteiger partial charge on any atom is -0.387 e. The maximum absolute atomic E-state index is 9.53. The number of aryl methyl sites for hydroxylation is 1. The third-order valence-electron chi connectivity index (χ3n) is 2.28. The highest BCUT2D eigenvalue weighted by atomic mass is 35.5. The van der Waals surface area contributed by atoms with Gasteiger partial charge in [-0.3, -0.25) is 0 Å². The Morgan fingerprint density at radius 2 is 2.36 bits per heavy atom. The van der Waals surface area contributed by atoms with Crippen molar-refractivity contribution in [1.82, 2.24) is 9.55 Å². The molecular weight excluding hydrogens is 200 g/mol. The molecule has 1 heterocycles. The molecule has 74 valence electrons. The van der Waals surface area contributed by atoms with Crippen LogP contribution in [0.4, 0.5) is 0 Å². The minimum atomic E-state index is -0.608. The van der Waals surface area contributed by atoms with E-state index in [0.717, 1.165) is 16.6 Å². The molecule has 1 atom stereocenters. The Hall–Kier alpha value is -1.06. The van der Waals surface area contributed by atoms with Gasteiger partial charge in [-0.1, -0.05) is 6.07 Å². The molecule has 0 saturated carbocycles. The number of imidazole rings is 1. The van der Waals surface area contributed by atoms with Crippen LogP contribution in [-0.4, -0.2) is 20.5 Å². The third-order valence-corrected chi connectivity index (χ3v) is 2.57. The van der Waals surface area contributed by atoms with Gasteiger partial charge in [0.2, 0.25) is 0 Å². The molecule has 2 aromatic rings. The van der Waals surface area contributed by atoms with E-state index in [1.165, 1.54) is 0 Å². The molecule has 4 heteroatoms. The number of hydrogen-bond donors (Lipinski definition) is 1. The summed E-state index contributed by atoms with van der Waals surface area (Å²) in [5, 5.41) is 9.53. The summed E-state index contributed by atoms with van der Waals surface area (Å²) in [5.41, 5.74) is 2.75. The van der Waals surface area contributed by atoms with Crippen molar-refractivity contribution in [2.75, 3.05) is 5.88 Å². The number of alkyl halides is 1. The van der Waals surface area contributed by atoms with Gasteiger partial charge in [-0.25, -0.2) is 4.98 Å². The Balaban J connectivity index is 2.52. The summed E-state index contributed by atoms with van der Waals surface area (Å²) >= 11 is 5.57. The fourth-order valence-corrected chi connectivity index (χ4v) is 1.63. The molecule has 1 aromatic carbocycles. The van der Waals surface area contributed by atoms with Gasteiger partial charge < -0.3 is 9.67 Å². The highest BCUT2D eigenvalue weighted by molar-refractivity contribution is 6.18. The molecular formula is C10H11ClN2O. The molecule has 0 amide bonds. The average molecular weight is 211 g/mol. The number of aromatic nitrogens is 2. The smallest absolute Gasteiger partial charge is 0.0955 e. The van der Waals surface area contributed by atoms with Crippen LogP contribution in [0.2, 0.25) is 0 Å². The highest BCUT2D eigenvalue weighted by Gasteiger charge is 2.07. The number of aliphatic hydroxyl groups is 1. The topological polar surface area (TPSA) is 38.0 Å². The Bertz CT molecular complexity index is 452. The number of benzene rings is 1. The fourth-order valence-electron chi connectivity index (χ4n) is 1.45. The summed E-state index contributed by atoms with van der Waals surface area (Å²) in [6.07, 6.45) is 1.14. The van der Waals surface area contributed by atoms with Gasteiger partial charge in [0.25, 0.3) is 0 Å². The van der Waals surface area contributed by atoms with E-state index in [1.807, 2.05) is 29.8 Å². The summed E-state index contributed by atoms with van der Waals surface area (Å²) in [5.74, 6) is 0.207. The van der Waals surface area contributed by atoms with Crippen LogP contribution < -0.4 is 0 Å². The molecule has 0 radical (unpaired) electrons. The number of rotatable bonds is 2. The molecule has 0 aliphatic rings. The lowest BCUT2D eigenvalue weighted by Crippen LogP contribution is -1.98. The van der Waals surface area contributed by atoms with Crippen molar-refractivity contribution >= 4 is 22.6 Å². The van der Waals surface area contributed by atoms with Gasteiger partial charge in [-0.15, -0.1) is 11.6 Å². The zero-order valence-corrected chi connectivity index (χ0v) is 8.57. The molecule has 0 aliphatic heterocycles. The predicted octanol–water partition coefficient (Wildman–Crippen LogP) is 1.85. The van der Waals surface area contributed by atoms with Gasteiger partial charge in [0, 0.05) is 7.05 Å². The first kappa shape index (κ1) is 9.49. The number of aliphatic hydroxyl groups excluding tert-OH is 1. The van der Waals surface area contributed by atoms with Crippen molar-refractivity contribution in [2.24, 2.45) is 7.05 Å². The molecule has 0 bridgehead atoms. The van der Waals surface area contributed by atoms with Gasteiger partial charge in [0.15, 0.2) is 0 Å². The Labute approximate surface area is 86.9 Å². The number of hydrogen-bond acceptors (Lipinski definition) is 2. The third kappa shape index (κ3) is 1.49. The first-order valence-electron chi connectivity index (χ1n) is 4.37. The lowest BCUT2D eigenvalue weighted by atomic mass is 10.1. The number of halogens is 1. The van der Waals surface area contributed by atoms with Crippen LogP contribution in [0.15, 0.2) is 24.5 Å². The van der Waals surface area contributed by atoms with E-state index >= 15 is 0 Å². The van der Waals surface area contributed by atoms with Crippen molar-refractivity contribution in [3.05, 3.63) is 30.1 Å². The second-order valence-electron chi connectivity index (χ2n) is 3.27. The van der Waals surface area contributed by atoms with Crippen LogP contribution in [0.3, 0.4) is 0 Å². The predicted molar refractivity (Wildman–Crippen MR) is 56.4 cm³/mol. The highest BCUT2D eigenvalue weighted by Crippen LogP contribution is 2.19. The molecule has 0 fully saturated rings. The summed E-state index contributed by atoms with van der Waals surface area (Å²) in [6.45, 7) is 0. The van der Waals surface area contributed by atoms with Crippen molar-refractivity contribution in [3.63, 3.8) is 0 Å². The maximum atomic E-state index is 9.53. The summed E-state index contributed by atoms with van der Waals surface area (Å²) in [6, 6.07) is 5.67. The molecule has 14 heavy (non-hydrogen) atoms. The van der Waals surface area contributed by atoms with E-state index in [0.29, 0.717) is 0 Å². The minimum absolute atomic E-state index is 0.207. The Morgan fingerprint density at radius 3 is 3.07 bits per heavy atom. The maximum Gasteiger partial charge on any atom is 0.0955 e. The molecule has 0 saturated heterocycles. The molecule has 0 spiro atoms. The zero-order valence-electron chi connectivity index (χ0n) is 7.81. The van der Waals surface area contributed by atoms with Crippen molar-refractivity contribution < 1.29 is 5.11 Å². The van der Waals surface area contributed by atoms with Crippen LogP contribution in [0.25, 0.3) is 11.0 Å². The summed E-state index contributed by atoms with van der Waals surface area (Å²) in [7, 11) is 1.94. The SMILES string of the molecule is Cn1cnc2cc(C(O)CCl)ccc21. The van der Waals surface area contributed by atoms with E-state index in [1.54, 1.807) is 6.33 Å². The normalized spacial score (nSPS) is 13.4. The molecule has 1 N–H and O–H groups in total. The van der Waals surface area contributed by atoms with Crippen LogP contribution >= 0.6 is 11.6 Å². The van der Waals surface area contributed by atoms with E-state index in [2.05, 4.69) is 4.98 Å². The van der Waals surface area contributed by atoms with Gasteiger partial charge >= 0.3 is 0 Å². The van der Waals surface area contributed by atoms with Gasteiger partial charge in [0.05, 0.1) is 29.3 Å². The summed E-state index contributed by atoms with van der Waals surface area (Å²) < 4.78 is 1.94. The van der Waals surface area contributed by atoms with Gasteiger partial charge in [-0.2, -0.15) is 0 Å². The number of nitrogens with zero attached hydrogens (tertiary/aromatic N) is 2. The lowest BCUT2D eigenvalue weighted by molar-refractivity contribution is 0.203. The monoisotopic (exact) mass is 210 g/mol. The first-order valence-corrected chi connectivity index (χ1v) is 4.91. The molecule has 2 rings (SSSR count). The molecule has 0 aliphatic carbocycles. The fraction of sp³-hybridized carbons (Fsp3) is 0.300. The van der Waals surface area contributed by atoms with Crippen molar-refractivity contribution in [3.8, 4) is 0 Å². The van der Waals surface area contributed by atoms with E-state index in [4.69, 9.17) is 11.6 Å². The van der Waals surface area contributed by atoms with Crippen LogP contribution in [0, 0.1) is 0 Å². The van der Waals surface area contributed by atoms with Crippen LogP contribution in [0.1, 0.15) is 11.7 Å². The largest absolute Gasteiger partial charge is 0.387 e. The van der Waals surface area contributed by atoms with E-state index < -0.39 is 6.10 Å². The lowest BCUT2D eigenvalue weighted by Gasteiger charge is -2.06.